The normalized spacial score (nSPS) is 16.3. The van der Waals surface area contributed by atoms with Gasteiger partial charge in [0.1, 0.15) is 5.69 Å². The van der Waals surface area contributed by atoms with E-state index in [4.69, 9.17) is 10.1 Å². The predicted octanol–water partition coefficient (Wildman–Crippen LogP) is 2.42. The topological polar surface area (TPSA) is 73.8 Å². The molecule has 1 aliphatic carbocycles. The number of rotatable bonds is 5. The van der Waals surface area contributed by atoms with Crippen LogP contribution in [-0.2, 0) is 33.1 Å². The highest BCUT2D eigenvalue weighted by Crippen LogP contribution is 2.35. The number of hydrogen-bond acceptors (Lipinski definition) is 4. The lowest BCUT2D eigenvalue weighted by Gasteiger charge is -2.27. The Morgan fingerprint density at radius 2 is 2.10 bits per heavy atom. The van der Waals surface area contributed by atoms with Gasteiger partial charge in [-0.05, 0) is 32.6 Å². The van der Waals surface area contributed by atoms with Crippen molar-refractivity contribution in [1.82, 2.24) is 33.8 Å². The number of carbonyl (C=O) groups is 1. The Hall–Kier alpha value is -2.90. The highest BCUT2D eigenvalue weighted by molar-refractivity contribution is 5.91. The minimum atomic E-state index is -0.0316. The van der Waals surface area contributed by atoms with E-state index in [2.05, 4.69) is 28.1 Å². The molecule has 1 saturated carbocycles. The van der Waals surface area contributed by atoms with Gasteiger partial charge in [-0.2, -0.15) is 5.10 Å². The molecule has 1 aliphatic heterocycles. The Balaban J connectivity index is 1.53. The summed E-state index contributed by atoms with van der Waals surface area (Å²) in [5, 5.41) is 4.93. The standard InChI is InChI=1S/C21H27N7O/c1-4-28-17-7-9-26(21(29)20-22-8-10-25(20)3)13-16(17)18(24-28)19-23-11-14(2)27(19)12-15-5-6-15/h8,10-11,15H,4-7,9,12-13H2,1-3H3. The van der Waals surface area contributed by atoms with Crippen molar-refractivity contribution in [3.8, 4) is 11.5 Å². The Morgan fingerprint density at radius 1 is 1.28 bits per heavy atom. The SMILES string of the molecule is CCn1nc(-c2ncc(C)n2CC2CC2)c2c1CCN(C(=O)c1nccn1C)C2. The maximum absolute atomic E-state index is 13.0. The largest absolute Gasteiger partial charge is 0.331 e. The first-order valence-corrected chi connectivity index (χ1v) is 10.4. The van der Waals surface area contributed by atoms with Crippen LogP contribution in [0.3, 0.4) is 0 Å². The number of amides is 1. The van der Waals surface area contributed by atoms with Crippen LogP contribution >= 0.6 is 0 Å². The lowest BCUT2D eigenvalue weighted by atomic mass is 10.0. The summed E-state index contributed by atoms with van der Waals surface area (Å²) in [7, 11) is 1.85. The summed E-state index contributed by atoms with van der Waals surface area (Å²) in [6.07, 6.45) is 8.81. The van der Waals surface area contributed by atoms with Gasteiger partial charge < -0.3 is 14.0 Å². The molecule has 8 nitrogen and oxygen atoms in total. The van der Waals surface area contributed by atoms with Crippen molar-refractivity contribution >= 4 is 5.91 Å². The molecule has 0 spiro atoms. The van der Waals surface area contributed by atoms with E-state index in [1.54, 1.807) is 17.0 Å². The average Bonchev–Trinajstić information content (AvgIpc) is 3.16. The van der Waals surface area contributed by atoms with Gasteiger partial charge in [0.05, 0.1) is 6.54 Å². The van der Waals surface area contributed by atoms with E-state index in [-0.39, 0.29) is 5.91 Å². The number of nitrogens with zero attached hydrogens (tertiary/aromatic N) is 7. The number of hydrogen-bond donors (Lipinski definition) is 0. The number of aromatic nitrogens is 6. The van der Waals surface area contributed by atoms with Gasteiger partial charge in [0, 0.05) is 68.6 Å². The van der Waals surface area contributed by atoms with Crippen LogP contribution in [0.15, 0.2) is 18.6 Å². The van der Waals surface area contributed by atoms with E-state index in [0.717, 1.165) is 42.5 Å². The fourth-order valence-electron chi connectivity index (χ4n) is 4.26. The van der Waals surface area contributed by atoms with Gasteiger partial charge >= 0.3 is 0 Å². The van der Waals surface area contributed by atoms with Crippen LogP contribution in [0.25, 0.3) is 11.5 Å². The first-order chi connectivity index (χ1) is 14.1. The second kappa shape index (κ2) is 6.86. The third-order valence-electron chi connectivity index (χ3n) is 6.14. The maximum Gasteiger partial charge on any atom is 0.290 e. The van der Waals surface area contributed by atoms with Crippen LogP contribution < -0.4 is 0 Å². The number of aryl methyl sites for hydroxylation is 3. The van der Waals surface area contributed by atoms with Gasteiger partial charge in [-0.1, -0.05) is 0 Å². The summed E-state index contributed by atoms with van der Waals surface area (Å²) in [5.41, 5.74) is 4.45. The van der Waals surface area contributed by atoms with Crippen molar-refractivity contribution in [3.05, 3.63) is 41.4 Å². The van der Waals surface area contributed by atoms with Crippen molar-refractivity contribution in [3.63, 3.8) is 0 Å². The number of fused-ring (bicyclic) bond motifs is 1. The Morgan fingerprint density at radius 3 is 2.79 bits per heavy atom. The van der Waals surface area contributed by atoms with Crippen LogP contribution in [0.5, 0.6) is 0 Å². The zero-order valence-corrected chi connectivity index (χ0v) is 17.3. The maximum atomic E-state index is 13.0. The van der Waals surface area contributed by atoms with Crippen molar-refractivity contribution in [1.29, 1.82) is 0 Å². The number of imidazole rings is 2. The second-order valence-corrected chi connectivity index (χ2v) is 8.21. The molecule has 1 fully saturated rings. The molecule has 2 aliphatic rings. The summed E-state index contributed by atoms with van der Waals surface area (Å²) < 4.78 is 6.17. The van der Waals surface area contributed by atoms with E-state index in [0.29, 0.717) is 18.9 Å². The highest BCUT2D eigenvalue weighted by Gasteiger charge is 2.32. The van der Waals surface area contributed by atoms with Crippen molar-refractivity contribution in [2.75, 3.05) is 6.54 Å². The highest BCUT2D eigenvalue weighted by atomic mass is 16.2. The van der Waals surface area contributed by atoms with Gasteiger partial charge in [-0.3, -0.25) is 9.48 Å². The van der Waals surface area contributed by atoms with Crippen LogP contribution in [-0.4, -0.2) is 46.2 Å². The zero-order chi connectivity index (χ0) is 20.1. The second-order valence-electron chi connectivity index (χ2n) is 8.21. The number of carbonyl (C=O) groups excluding carboxylic acids is 1. The molecule has 3 aromatic heterocycles. The third-order valence-corrected chi connectivity index (χ3v) is 6.14. The molecule has 8 heteroatoms. The van der Waals surface area contributed by atoms with Gasteiger partial charge in [-0.25, -0.2) is 9.97 Å². The van der Waals surface area contributed by atoms with Crippen LogP contribution in [0.1, 0.15) is 47.3 Å². The molecule has 0 radical (unpaired) electrons. The molecule has 0 saturated heterocycles. The molecular weight excluding hydrogens is 366 g/mol. The lowest BCUT2D eigenvalue weighted by Crippen LogP contribution is -2.37. The third kappa shape index (κ3) is 3.07. The van der Waals surface area contributed by atoms with Gasteiger partial charge in [0.15, 0.2) is 11.6 Å². The lowest BCUT2D eigenvalue weighted by molar-refractivity contribution is 0.0717. The summed E-state index contributed by atoms with van der Waals surface area (Å²) in [6.45, 7) is 7.28. The van der Waals surface area contributed by atoms with E-state index in [9.17, 15) is 4.79 Å². The molecule has 0 aromatic carbocycles. The molecule has 152 valence electrons. The van der Waals surface area contributed by atoms with Gasteiger partial charge in [-0.15, -0.1) is 0 Å². The Kier molecular flexibility index (Phi) is 4.29. The van der Waals surface area contributed by atoms with Gasteiger partial charge in [0.25, 0.3) is 5.91 Å². The summed E-state index contributed by atoms with van der Waals surface area (Å²) in [4.78, 5) is 23.9. The first kappa shape index (κ1) is 18.1. The van der Waals surface area contributed by atoms with E-state index in [1.165, 1.54) is 24.2 Å². The van der Waals surface area contributed by atoms with Crippen molar-refractivity contribution in [2.45, 2.75) is 52.7 Å². The van der Waals surface area contributed by atoms with E-state index >= 15 is 0 Å². The molecule has 3 aromatic rings. The molecule has 4 heterocycles. The van der Waals surface area contributed by atoms with Crippen molar-refractivity contribution in [2.24, 2.45) is 13.0 Å². The van der Waals surface area contributed by atoms with Gasteiger partial charge in [0.2, 0.25) is 0 Å². The van der Waals surface area contributed by atoms with Crippen LogP contribution in [0.2, 0.25) is 0 Å². The summed E-state index contributed by atoms with van der Waals surface area (Å²) in [6, 6.07) is 0. The van der Waals surface area contributed by atoms with Crippen LogP contribution in [0.4, 0.5) is 0 Å². The molecule has 1 amide bonds. The monoisotopic (exact) mass is 393 g/mol. The van der Waals surface area contributed by atoms with Crippen LogP contribution in [0, 0.1) is 12.8 Å². The van der Waals surface area contributed by atoms with E-state index < -0.39 is 0 Å². The fourth-order valence-corrected chi connectivity index (χ4v) is 4.26. The molecule has 0 bridgehead atoms. The minimum absolute atomic E-state index is 0.0316. The minimum Gasteiger partial charge on any atom is -0.331 e. The Labute approximate surface area is 170 Å². The fraction of sp³-hybridized carbons (Fsp3) is 0.524. The molecule has 0 atom stereocenters. The quantitative estimate of drug-likeness (QED) is 0.667. The molecule has 0 N–H and O–H groups in total. The predicted molar refractivity (Wildman–Crippen MR) is 108 cm³/mol. The molecule has 0 unspecified atom stereocenters. The summed E-state index contributed by atoms with van der Waals surface area (Å²) in [5.74, 6) is 2.14. The van der Waals surface area contributed by atoms with E-state index in [1.807, 2.05) is 18.1 Å². The zero-order valence-electron chi connectivity index (χ0n) is 17.3. The first-order valence-electron chi connectivity index (χ1n) is 10.4. The molecular formula is C21H27N7O. The van der Waals surface area contributed by atoms with Crippen molar-refractivity contribution < 1.29 is 4.79 Å². The summed E-state index contributed by atoms with van der Waals surface area (Å²) >= 11 is 0. The molecule has 29 heavy (non-hydrogen) atoms. The Bertz CT molecular complexity index is 1070. The average molecular weight is 393 g/mol. The molecule has 5 rings (SSSR count). The smallest absolute Gasteiger partial charge is 0.290 e.